The highest BCUT2D eigenvalue weighted by atomic mass is 35.5. The molecule has 16 heavy (non-hydrogen) atoms. The third-order valence-electron chi connectivity index (χ3n) is 3.86. The number of rotatable bonds is 6. The minimum atomic E-state index is 0. The molecule has 2 nitrogen and oxygen atoms in total. The van der Waals surface area contributed by atoms with Crippen LogP contribution in [0.4, 0.5) is 0 Å². The summed E-state index contributed by atoms with van der Waals surface area (Å²) in [6.07, 6.45) is 8.51. The molecule has 0 spiro atoms. The Morgan fingerprint density at radius 3 is 2.31 bits per heavy atom. The van der Waals surface area contributed by atoms with Crippen LogP contribution in [0.2, 0.25) is 0 Å². The van der Waals surface area contributed by atoms with Gasteiger partial charge in [-0.2, -0.15) is 0 Å². The van der Waals surface area contributed by atoms with E-state index in [4.69, 9.17) is 0 Å². The molecule has 0 bridgehead atoms. The van der Waals surface area contributed by atoms with Crippen LogP contribution in [-0.2, 0) is 0 Å². The van der Waals surface area contributed by atoms with Crippen LogP contribution in [0.3, 0.4) is 0 Å². The van der Waals surface area contributed by atoms with E-state index in [1.807, 2.05) is 0 Å². The molecule has 96 valence electrons. The van der Waals surface area contributed by atoms with E-state index in [9.17, 15) is 0 Å². The normalized spacial score (nSPS) is 22.1. The van der Waals surface area contributed by atoms with Crippen LogP contribution in [0, 0.1) is 5.92 Å². The molecule has 3 heteroatoms. The zero-order valence-electron chi connectivity index (χ0n) is 10.6. The summed E-state index contributed by atoms with van der Waals surface area (Å²) in [5.41, 5.74) is 0. The van der Waals surface area contributed by atoms with Crippen LogP contribution in [0.25, 0.3) is 0 Å². The van der Waals surface area contributed by atoms with Crippen LogP contribution >= 0.6 is 12.4 Å². The number of hydrogen-bond acceptors (Lipinski definition) is 2. The van der Waals surface area contributed by atoms with Gasteiger partial charge in [-0.1, -0.05) is 6.92 Å². The zero-order valence-corrected chi connectivity index (χ0v) is 11.4. The van der Waals surface area contributed by atoms with Crippen LogP contribution in [0.5, 0.6) is 0 Å². The van der Waals surface area contributed by atoms with Crippen molar-refractivity contribution in [3.05, 3.63) is 0 Å². The Hall–Kier alpha value is 0.210. The summed E-state index contributed by atoms with van der Waals surface area (Å²) in [5, 5.41) is 3.45. The van der Waals surface area contributed by atoms with Crippen molar-refractivity contribution >= 4 is 12.4 Å². The lowest BCUT2D eigenvalue weighted by Crippen LogP contribution is -2.32. The summed E-state index contributed by atoms with van der Waals surface area (Å²) in [6, 6.07) is 0.965. The average molecular weight is 247 g/mol. The Morgan fingerprint density at radius 2 is 1.75 bits per heavy atom. The van der Waals surface area contributed by atoms with E-state index in [-0.39, 0.29) is 12.4 Å². The van der Waals surface area contributed by atoms with Crippen LogP contribution in [0.15, 0.2) is 0 Å². The van der Waals surface area contributed by atoms with Crippen molar-refractivity contribution in [2.45, 2.75) is 51.5 Å². The summed E-state index contributed by atoms with van der Waals surface area (Å²) in [6.45, 7) is 7.50. The molecular weight excluding hydrogens is 220 g/mol. The molecule has 0 aromatic heterocycles. The summed E-state index contributed by atoms with van der Waals surface area (Å²) in [4.78, 5) is 2.74. The van der Waals surface area contributed by atoms with E-state index in [1.54, 1.807) is 0 Å². The smallest absolute Gasteiger partial charge is 0.00964 e. The average Bonchev–Trinajstić information content (AvgIpc) is 3.09. The first-order valence-corrected chi connectivity index (χ1v) is 6.85. The largest absolute Gasteiger partial charge is 0.317 e. The van der Waals surface area contributed by atoms with E-state index in [2.05, 4.69) is 17.1 Å². The van der Waals surface area contributed by atoms with Gasteiger partial charge < -0.3 is 10.2 Å². The van der Waals surface area contributed by atoms with Gasteiger partial charge in [-0.25, -0.2) is 0 Å². The molecule has 0 aromatic carbocycles. The predicted octanol–water partition coefficient (Wildman–Crippen LogP) is 2.67. The summed E-state index contributed by atoms with van der Waals surface area (Å²) >= 11 is 0. The highest BCUT2D eigenvalue weighted by Crippen LogP contribution is 2.28. The molecule has 0 aromatic rings. The lowest BCUT2D eigenvalue weighted by molar-refractivity contribution is 0.227. The third kappa shape index (κ3) is 4.60. The first kappa shape index (κ1) is 14.3. The first-order chi connectivity index (χ1) is 7.40. The fraction of sp³-hybridized carbons (Fsp3) is 1.00. The maximum atomic E-state index is 3.45. The minimum Gasteiger partial charge on any atom is -0.317 e. The van der Waals surface area contributed by atoms with Crippen molar-refractivity contribution in [3.8, 4) is 0 Å². The SMILES string of the molecule is CCCN(CCC1CCNCC1)C1CC1.Cl. The van der Waals surface area contributed by atoms with Gasteiger partial charge in [-0.15, -0.1) is 12.4 Å². The molecule has 1 saturated carbocycles. The van der Waals surface area contributed by atoms with Crippen molar-refractivity contribution in [1.29, 1.82) is 0 Å². The summed E-state index contributed by atoms with van der Waals surface area (Å²) in [7, 11) is 0. The fourth-order valence-corrected chi connectivity index (χ4v) is 2.72. The van der Waals surface area contributed by atoms with Gasteiger partial charge in [0, 0.05) is 6.04 Å². The van der Waals surface area contributed by atoms with E-state index in [0.29, 0.717) is 0 Å². The van der Waals surface area contributed by atoms with Crippen molar-refractivity contribution in [2.75, 3.05) is 26.2 Å². The lowest BCUT2D eigenvalue weighted by Gasteiger charge is -2.27. The molecule has 2 rings (SSSR count). The molecule has 2 fully saturated rings. The van der Waals surface area contributed by atoms with Crippen LogP contribution in [0.1, 0.15) is 45.4 Å². The molecule has 0 amide bonds. The van der Waals surface area contributed by atoms with Crippen LogP contribution in [-0.4, -0.2) is 37.1 Å². The summed E-state index contributed by atoms with van der Waals surface area (Å²) < 4.78 is 0. The lowest BCUT2D eigenvalue weighted by atomic mass is 9.94. The number of nitrogens with zero attached hydrogens (tertiary/aromatic N) is 1. The van der Waals surface area contributed by atoms with Gasteiger partial charge in [0.1, 0.15) is 0 Å². The number of piperidine rings is 1. The molecule has 0 radical (unpaired) electrons. The Kier molecular flexibility index (Phi) is 6.71. The molecule has 2 aliphatic rings. The van der Waals surface area contributed by atoms with E-state index in [0.717, 1.165) is 12.0 Å². The highest BCUT2D eigenvalue weighted by Gasteiger charge is 2.28. The van der Waals surface area contributed by atoms with Crippen molar-refractivity contribution < 1.29 is 0 Å². The van der Waals surface area contributed by atoms with Gasteiger partial charge in [0.05, 0.1) is 0 Å². The summed E-state index contributed by atoms with van der Waals surface area (Å²) in [5.74, 6) is 1.00. The topological polar surface area (TPSA) is 15.3 Å². The molecule has 1 saturated heterocycles. The maximum Gasteiger partial charge on any atom is 0.00964 e. The quantitative estimate of drug-likeness (QED) is 0.775. The van der Waals surface area contributed by atoms with Crippen molar-refractivity contribution in [1.82, 2.24) is 10.2 Å². The van der Waals surface area contributed by atoms with E-state index < -0.39 is 0 Å². The fourth-order valence-electron chi connectivity index (χ4n) is 2.72. The zero-order chi connectivity index (χ0) is 10.5. The predicted molar refractivity (Wildman–Crippen MR) is 72.3 cm³/mol. The van der Waals surface area contributed by atoms with Crippen molar-refractivity contribution in [3.63, 3.8) is 0 Å². The second-order valence-corrected chi connectivity index (χ2v) is 5.25. The van der Waals surface area contributed by atoms with Gasteiger partial charge in [-0.05, 0) is 70.6 Å². The minimum absolute atomic E-state index is 0. The third-order valence-corrected chi connectivity index (χ3v) is 3.86. The first-order valence-electron chi connectivity index (χ1n) is 6.85. The molecular formula is C13H27ClN2. The second kappa shape index (κ2) is 7.52. The van der Waals surface area contributed by atoms with E-state index >= 15 is 0 Å². The standard InChI is InChI=1S/C13H26N2.ClH/c1-2-10-15(13-3-4-13)11-7-12-5-8-14-9-6-12;/h12-14H,2-11H2,1H3;1H. The Labute approximate surface area is 107 Å². The van der Waals surface area contributed by atoms with Gasteiger partial charge >= 0.3 is 0 Å². The van der Waals surface area contributed by atoms with Gasteiger partial charge in [0.25, 0.3) is 0 Å². The van der Waals surface area contributed by atoms with E-state index in [1.165, 1.54) is 64.7 Å². The van der Waals surface area contributed by atoms with Gasteiger partial charge in [0.15, 0.2) is 0 Å². The Morgan fingerprint density at radius 1 is 1.06 bits per heavy atom. The highest BCUT2D eigenvalue weighted by molar-refractivity contribution is 5.85. The Balaban J connectivity index is 0.00000128. The number of hydrogen-bond donors (Lipinski definition) is 1. The second-order valence-electron chi connectivity index (χ2n) is 5.25. The maximum absolute atomic E-state index is 3.45. The number of nitrogens with one attached hydrogen (secondary N) is 1. The van der Waals surface area contributed by atoms with Gasteiger partial charge in [-0.3, -0.25) is 0 Å². The molecule has 1 N–H and O–H groups in total. The Bertz CT molecular complexity index is 177. The van der Waals surface area contributed by atoms with Gasteiger partial charge in [0.2, 0.25) is 0 Å². The molecule has 0 unspecified atom stereocenters. The molecule has 1 aliphatic heterocycles. The molecule has 1 heterocycles. The molecule has 1 aliphatic carbocycles. The molecule has 0 atom stereocenters. The number of halogens is 1. The van der Waals surface area contributed by atoms with Crippen molar-refractivity contribution in [2.24, 2.45) is 5.92 Å². The van der Waals surface area contributed by atoms with Crippen LogP contribution < -0.4 is 5.32 Å². The monoisotopic (exact) mass is 246 g/mol.